The Hall–Kier alpha value is -0.380. The van der Waals surface area contributed by atoms with Crippen LogP contribution in [0.25, 0.3) is 0 Å². The molecule has 0 bridgehead atoms. The number of nitrogens with one attached hydrogen (secondary N) is 1. The molecule has 19 heavy (non-hydrogen) atoms. The lowest BCUT2D eigenvalue weighted by molar-refractivity contribution is 0.0295. The normalized spacial score (nSPS) is 18.7. The van der Waals surface area contributed by atoms with Gasteiger partial charge in [-0.05, 0) is 45.2 Å². The summed E-state index contributed by atoms with van der Waals surface area (Å²) in [7, 11) is 0. The molecule has 0 aromatic carbocycles. The van der Waals surface area contributed by atoms with Gasteiger partial charge in [-0.1, -0.05) is 19.3 Å². The Kier molecular flexibility index (Phi) is 5.86. The van der Waals surface area contributed by atoms with Crippen molar-refractivity contribution in [3.63, 3.8) is 0 Å². The van der Waals surface area contributed by atoms with E-state index < -0.39 is 0 Å². The smallest absolute Gasteiger partial charge is 0.0594 e. The highest BCUT2D eigenvalue weighted by atomic mass is 32.1. The molecule has 1 saturated carbocycles. The van der Waals surface area contributed by atoms with Crippen LogP contribution in [0.5, 0.6) is 0 Å². The van der Waals surface area contributed by atoms with Crippen LogP contribution in [0, 0.1) is 13.8 Å². The molecular formula is C16H27NOS. The molecule has 108 valence electrons. The van der Waals surface area contributed by atoms with Gasteiger partial charge in [-0.3, -0.25) is 0 Å². The Morgan fingerprint density at radius 1 is 1.32 bits per heavy atom. The van der Waals surface area contributed by atoms with Crippen molar-refractivity contribution >= 4 is 11.3 Å². The van der Waals surface area contributed by atoms with Crippen molar-refractivity contribution in [2.45, 2.75) is 65.0 Å². The van der Waals surface area contributed by atoms with Crippen molar-refractivity contribution in [3.8, 4) is 0 Å². The van der Waals surface area contributed by atoms with Gasteiger partial charge in [-0.2, -0.15) is 0 Å². The van der Waals surface area contributed by atoms with Gasteiger partial charge in [-0.15, -0.1) is 11.3 Å². The quantitative estimate of drug-likeness (QED) is 0.782. The van der Waals surface area contributed by atoms with Crippen molar-refractivity contribution in [1.82, 2.24) is 5.32 Å². The molecule has 1 fully saturated rings. The maximum absolute atomic E-state index is 5.94. The largest absolute Gasteiger partial charge is 0.377 e. The van der Waals surface area contributed by atoms with Crippen LogP contribution in [-0.4, -0.2) is 19.3 Å². The number of hydrogen-bond donors (Lipinski definition) is 1. The summed E-state index contributed by atoms with van der Waals surface area (Å²) in [4.78, 5) is 2.84. The molecule has 1 N–H and O–H groups in total. The lowest BCUT2D eigenvalue weighted by Crippen LogP contribution is -2.26. The maximum atomic E-state index is 5.94. The van der Waals surface area contributed by atoms with Crippen molar-refractivity contribution in [2.24, 2.45) is 0 Å². The third-order valence-electron chi connectivity index (χ3n) is 4.00. The van der Waals surface area contributed by atoms with Crippen LogP contribution in [0.15, 0.2) is 6.07 Å². The Morgan fingerprint density at radius 2 is 2.05 bits per heavy atom. The topological polar surface area (TPSA) is 21.3 Å². The molecular weight excluding hydrogens is 254 g/mol. The fraction of sp³-hybridized carbons (Fsp3) is 0.750. The molecule has 2 nitrogen and oxygen atoms in total. The lowest BCUT2D eigenvalue weighted by Gasteiger charge is -2.22. The molecule has 1 aliphatic rings. The zero-order valence-electron chi connectivity index (χ0n) is 12.5. The van der Waals surface area contributed by atoms with E-state index in [1.54, 1.807) is 0 Å². The highest BCUT2D eigenvalue weighted by Gasteiger charge is 2.14. The summed E-state index contributed by atoms with van der Waals surface area (Å²) < 4.78 is 5.94. The number of rotatable bonds is 6. The van der Waals surface area contributed by atoms with E-state index in [2.05, 4.69) is 32.2 Å². The van der Waals surface area contributed by atoms with Crippen molar-refractivity contribution in [3.05, 3.63) is 21.4 Å². The third kappa shape index (κ3) is 4.59. The molecule has 0 saturated heterocycles. The second-order valence-corrected chi connectivity index (χ2v) is 7.14. The summed E-state index contributed by atoms with van der Waals surface area (Å²) in [5.74, 6) is 0. The van der Waals surface area contributed by atoms with E-state index in [4.69, 9.17) is 4.74 Å². The minimum atomic E-state index is 0.430. The van der Waals surface area contributed by atoms with E-state index >= 15 is 0 Å². The first-order valence-corrected chi connectivity index (χ1v) is 8.40. The van der Waals surface area contributed by atoms with Gasteiger partial charge in [0.1, 0.15) is 0 Å². The van der Waals surface area contributed by atoms with Crippen LogP contribution in [0.3, 0.4) is 0 Å². The average molecular weight is 281 g/mol. The minimum absolute atomic E-state index is 0.430. The average Bonchev–Trinajstić information content (AvgIpc) is 2.75. The predicted molar refractivity (Wildman–Crippen MR) is 83.0 cm³/mol. The van der Waals surface area contributed by atoms with Crippen LogP contribution in [-0.2, 0) is 4.74 Å². The summed E-state index contributed by atoms with van der Waals surface area (Å²) in [6.07, 6.45) is 7.14. The highest BCUT2D eigenvalue weighted by Crippen LogP contribution is 2.26. The molecule has 3 heteroatoms. The SMILES string of the molecule is Cc1cc(C(C)NCCOC2CCCCC2)c(C)s1. The number of aryl methyl sites for hydroxylation is 2. The van der Waals surface area contributed by atoms with E-state index in [1.807, 2.05) is 11.3 Å². The molecule has 2 rings (SSSR count). The van der Waals surface area contributed by atoms with Gasteiger partial charge in [0.2, 0.25) is 0 Å². The molecule has 1 heterocycles. The highest BCUT2D eigenvalue weighted by molar-refractivity contribution is 7.12. The first-order valence-electron chi connectivity index (χ1n) is 7.58. The second-order valence-electron chi connectivity index (χ2n) is 5.68. The second kappa shape index (κ2) is 7.41. The molecule has 0 spiro atoms. The van der Waals surface area contributed by atoms with Crippen molar-refractivity contribution in [1.29, 1.82) is 0 Å². The zero-order chi connectivity index (χ0) is 13.7. The van der Waals surface area contributed by atoms with Gasteiger partial charge >= 0.3 is 0 Å². The molecule has 0 amide bonds. The monoisotopic (exact) mass is 281 g/mol. The van der Waals surface area contributed by atoms with Crippen LogP contribution in [0.2, 0.25) is 0 Å². The fourth-order valence-corrected chi connectivity index (χ4v) is 3.95. The van der Waals surface area contributed by atoms with E-state index in [0.29, 0.717) is 12.1 Å². The standard InChI is InChI=1S/C16H27NOS/c1-12-11-16(14(3)19-12)13(2)17-9-10-18-15-7-5-4-6-8-15/h11,13,15,17H,4-10H2,1-3H3. The summed E-state index contributed by atoms with van der Waals surface area (Å²) in [5, 5.41) is 3.57. The summed E-state index contributed by atoms with van der Waals surface area (Å²) in [5.41, 5.74) is 1.44. The van der Waals surface area contributed by atoms with Crippen LogP contribution < -0.4 is 5.32 Å². The van der Waals surface area contributed by atoms with E-state index in [1.165, 1.54) is 47.4 Å². The van der Waals surface area contributed by atoms with E-state index in [0.717, 1.165) is 13.2 Å². The molecule has 1 aromatic rings. The van der Waals surface area contributed by atoms with E-state index in [-0.39, 0.29) is 0 Å². The van der Waals surface area contributed by atoms with Gasteiger partial charge in [0, 0.05) is 22.3 Å². The lowest BCUT2D eigenvalue weighted by atomic mass is 9.98. The Balaban J connectivity index is 1.66. The van der Waals surface area contributed by atoms with Crippen molar-refractivity contribution < 1.29 is 4.74 Å². The van der Waals surface area contributed by atoms with Gasteiger partial charge in [0.05, 0.1) is 12.7 Å². The number of hydrogen-bond acceptors (Lipinski definition) is 3. The molecule has 1 aliphatic carbocycles. The predicted octanol–water partition coefficient (Wildman–Crippen LogP) is 4.36. The summed E-state index contributed by atoms with van der Waals surface area (Å²) in [6, 6.07) is 2.74. The van der Waals surface area contributed by atoms with Crippen LogP contribution in [0.4, 0.5) is 0 Å². The molecule has 1 unspecified atom stereocenters. The molecule has 1 aromatic heterocycles. The van der Waals surface area contributed by atoms with E-state index in [9.17, 15) is 0 Å². The summed E-state index contributed by atoms with van der Waals surface area (Å²) >= 11 is 1.89. The van der Waals surface area contributed by atoms with Crippen molar-refractivity contribution in [2.75, 3.05) is 13.2 Å². The fourth-order valence-electron chi connectivity index (χ4n) is 2.92. The van der Waals surface area contributed by atoms with Gasteiger partial charge in [-0.25, -0.2) is 0 Å². The van der Waals surface area contributed by atoms with Crippen LogP contribution in [0.1, 0.15) is 60.4 Å². The minimum Gasteiger partial charge on any atom is -0.377 e. The summed E-state index contributed by atoms with van der Waals surface area (Å²) in [6.45, 7) is 8.43. The Bertz CT molecular complexity index is 382. The molecule has 0 aliphatic heterocycles. The molecule has 1 atom stereocenters. The first kappa shape index (κ1) is 15.0. The maximum Gasteiger partial charge on any atom is 0.0594 e. The van der Waals surface area contributed by atoms with Gasteiger partial charge in [0.25, 0.3) is 0 Å². The van der Waals surface area contributed by atoms with Crippen LogP contribution >= 0.6 is 11.3 Å². The zero-order valence-corrected chi connectivity index (χ0v) is 13.3. The molecule has 0 radical (unpaired) electrons. The number of ether oxygens (including phenoxy) is 1. The Labute approximate surface area is 121 Å². The van der Waals surface area contributed by atoms with Gasteiger partial charge < -0.3 is 10.1 Å². The third-order valence-corrected chi connectivity index (χ3v) is 4.99. The first-order chi connectivity index (χ1) is 9.16. The Morgan fingerprint density at radius 3 is 2.68 bits per heavy atom. The van der Waals surface area contributed by atoms with Gasteiger partial charge in [0.15, 0.2) is 0 Å². The number of thiophene rings is 1.